The molecule has 0 aliphatic rings. The van der Waals surface area contributed by atoms with E-state index in [1.54, 1.807) is 18.2 Å². The van der Waals surface area contributed by atoms with Crippen LogP contribution in [0.5, 0.6) is 5.75 Å². The van der Waals surface area contributed by atoms with Crippen molar-refractivity contribution in [3.63, 3.8) is 0 Å². The summed E-state index contributed by atoms with van der Waals surface area (Å²) in [6, 6.07) is 7.08. The van der Waals surface area contributed by atoms with Gasteiger partial charge in [-0.1, -0.05) is 30.6 Å². The van der Waals surface area contributed by atoms with Crippen LogP contribution in [0.2, 0.25) is 0 Å². The van der Waals surface area contributed by atoms with Crippen LogP contribution in [0.3, 0.4) is 0 Å². The number of aromatic nitrogens is 2. The van der Waals surface area contributed by atoms with E-state index in [4.69, 9.17) is 4.52 Å². The highest BCUT2D eigenvalue weighted by Crippen LogP contribution is 2.14. The fourth-order valence-corrected chi connectivity index (χ4v) is 1.64. The summed E-state index contributed by atoms with van der Waals surface area (Å²) in [6.45, 7) is 2.13. The lowest BCUT2D eigenvalue weighted by Gasteiger charge is -1.96. The maximum absolute atomic E-state index is 9.35. The molecule has 2 rings (SSSR count). The summed E-state index contributed by atoms with van der Waals surface area (Å²) in [4.78, 5) is 4.31. The molecular formula is C13H16N2O2. The zero-order valence-electron chi connectivity index (χ0n) is 9.89. The lowest BCUT2D eigenvalue weighted by Crippen LogP contribution is -1.90. The molecule has 0 atom stereocenters. The van der Waals surface area contributed by atoms with Gasteiger partial charge in [0.2, 0.25) is 5.89 Å². The second-order valence-electron chi connectivity index (χ2n) is 4.05. The first-order valence-corrected chi connectivity index (χ1v) is 5.87. The van der Waals surface area contributed by atoms with E-state index in [0.717, 1.165) is 30.7 Å². The van der Waals surface area contributed by atoms with Gasteiger partial charge in [0.1, 0.15) is 5.75 Å². The third-order valence-electron chi connectivity index (χ3n) is 2.53. The van der Waals surface area contributed by atoms with Crippen LogP contribution in [-0.2, 0) is 12.8 Å². The Morgan fingerprint density at radius 1 is 1.35 bits per heavy atom. The number of hydrogen-bond acceptors (Lipinski definition) is 4. The summed E-state index contributed by atoms with van der Waals surface area (Å²) in [5.74, 6) is 1.62. The highest BCUT2D eigenvalue weighted by molar-refractivity contribution is 5.28. The maximum Gasteiger partial charge on any atom is 0.231 e. The van der Waals surface area contributed by atoms with E-state index in [1.165, 1.54) is 0 Å². The molecule has 0 aliphatic carbocycles. The molecule has 1 N–H and O–H groups in total. The van der Waals surface area contributed by atoms with Gasteiger partial charge < -0.3 is 9.63 Å². The van der Waals surface area contributed by atoms with Crippen LogP contribution in [-0.4, -0.2) is 15.2 Å². The molecule has 90 valence electrons. The van der Waals surface area contributed by atoms with Gasteiger partial charge in [-0.05, 0) is 24.1 Å². The molecule has 1 heterocycles. The number of benzene rings is 1. The van der Waals surface area contributed by atoms with E-state index in [2.05, 4.69) is 17.1 Å². The minimum atomic E-state index is 0.258. The predicted molar refractivity (Wildman–Crippen MR) is 63.8 cm³/mol. The van der Waals surface area contributed by atoms with Gasteiger partial charge in [-0.25, -0.2) is 0 Å². The molecule has 1 aromatic carbocycles. The van der Waals surface area contributed by atoms with Gasteiger partial charge in [0.15, 0.2) is 5.82 Å². The molecule has 0 spiro atoms. The molecule has 2 aromatic rings. The summed E-state index contributed by atoms with van der Waals surface area (Å²) in [5.41, 5.74) is 0.968. The van der Waals surface area contributed by atoms with Crippen LogP contribution >= 0.6 is 0 Å². The van der Waals surface area contributed by atoms with E-state index in [-0.39, 0.29) is 5.75 Å². The molecular weight excluding hydrogens is 216 g/mol. The highest BCUT2D eigenvalue weighted by atomic mass is 16.5. The van der Waals surface area contributed by atoms with Crippen molar-refractivity contribution in [2.24, 2.45) is 0 Å². The van der Waals surface area contributed by atoms with Gasteiger partial charge in [0.25, 0.3) is 0 Å². The van der Waals surface area contributed by atoms with Crippen molar-refractivity contribution in [2.75, 3.05) is 0 Å². The number of rotatable bonds is 5. The van der Waals surface area contributed by atoms with E-state index in [0.29, 0.717) is 12.3 Å². The quantitative estimate of drug-likeness (QED) is 0.861. The van der Waals surface area contributed by atoms with Gasteiger partial charge in [-0.3, -0.25) is 0 Å². The predicted octanol–water partition coefficient (Wildman–Crippen LogP) is 2.71. The van der Waals surface area contributed by atoms with Crippen molar-refractivity contribution in [1.82, 2.24) is 10.1 Å². The van der Waals surface area contributed by atoms with Gasteiger partial charge >= 0.3 is 0 Å². The number of nitrogens with zero attached hydrogens (tertiary/aromatic N) is 2. The topological polar surface area (TPSA) is 59.2 Å². The largest absolute Gasteiger partial charge is 0.508 e. The zero-order chi connectivity index (χ0) is 12.1. The summed E-state index contributed by atoms with van der Waals surface area (Å²) < 4.78 is 5.16. The van der Waals surface area contributed by atoms with Crippen LogP contribution < -0.4 is 0 Å². The Balaban J connectivity index is 2.01. The molecule has 1 aromatic heterocycles. The van der Waals surface area contributed by atoms with E-state index >= 15 is 0 Å². The molecule has 0 fully saturated rings. The first kappa shape index (κ1) is 11.6. The monoisotopic (exact) mass is 232 g/mol. The van der Waals surface area contributed by atoms with Crippen LogP contribution in [0.25, 0.3) is 0 Å². The smallest absolute Gasteiger partial charge is 0.231 e. The van der Waals surface area contributed by atoms with Crippen molar-refractivity contribution in [1.29, 1.82) is 0 Å². The van der Waals surface area contributed by atoms with Gasteiger partial charge in [-0.15, -0.1) is 0 Å². The summed E-state index contributed by atoms with van der Waals surface area (Å²) in [6.07, 6.45) is 3.62. The standard InChI is InChI=1S/C13H16N2O2/c1-2-3-7-12-14-13(17-15-12)9-10-5-4-6-11(16)8-10/h4-6,8,16H,2-3,7,9H2,1H3. The van der Waals surface area contributed by atoms with E-state index < -0.39 is 0 Å². The number of aryl methyl sites for hydroxylation is 1. The second-order valence-corrected chi connectivity index (χ2v) is 4.05. The number of hydrogen-bond donors (Lipinski definition) is 1. The Morgan fingerprint density at radius 2 is 2.24 bits per heavy atom. The highest BCUT2D eigenvalue weighted by Gasteiger charge is 2.07. The molecule has 4 heteroatoms. The van der Waals surface area contributed by atoms with Crippen LogP contribution in [0.1, 0.15) is 37.0 Å². The Bertz CT molecular complexity index is 480. The van der Waals surface area contributed by atoms with Crippen molar-refractivity contribution in [3.8, 4) is 5.75 Å². The third-order valence-corrected chi connectivity index (χ3v) is 2.53. The zero-order valence-corrected chi connectivity index (χ0v) is 9.89. The Morgan fingerprint density at radius 3 is 3.00 bits per heavy atom. The van der Waals surface area contributed by atoms with Gasteiger partial charge in [-0.2, -0.15) is 4.98 Å². The minimum Gasteiger partial charge on any atom is -0.508 e. The first-order chi connectivity index (χ1) is 8.28. The molecule has 0 aliphatic heterocycles. The van der Waals surface area contributed by atoms with Crippen molar-refractivity contribution in [2.45, 2.75) is 32.6 Å². The molecule has 0 unspecified atom stereocenters. The van der Waals surface area contributed by atoms with E-state index in [1.807, 2.05) is 6.07 Å². The van der Waals surface area contributed by atoms with Crippen LogP contribution in [0.4, 0.5) is 0 Å². The average Bonchev–Trinajstić information content (AvgIpc) is 2.74. The van der Waals surface area contributed by atoms with E-state index in [9.17, 15) is 5.11 Å². The minimum absolute atomic E-state index is 0.258. The van der Waals surface area contributed by atoms with Crippen molar-refractivity contribution >= 4 is 0 Å². The number of phenolic OH excluding ortho intramolecular Hbond substituents is 1. The lowest BCUT2D eigenvalue weighted by molar-refractivity contribution is 0.378. The summed E-state index contributed by atoms with van der Waals surface area (Å²) in [7, 11) is 0. The normalized spacial score (nSPS) is 10.6. The number of unbranched alkanes of at least 4 members (excludes halogenated alkanes) is 1. The Labute approximate surface area is 100 Å². The third kappa shape index (κ3) is 3.31. The summed E-state index contributed by atoms with van der Waals surface area (Å²) in [5, 5.41) is 13.3. The molecule has 0 radical (unpaired) electrons. The fourth-order valence-electron chi connectivity index (χ4n) is 1.64. The average molecular weight is 232 g/mol. The Hall–Kier alpha value is -1.84. The van der Waals surface area contributed by atoms with Gasteiger partial charge in [0, 0.05) is 6.42 Å². The first-order valence-electron chi connectivity index (χ1n) is 5.87. The molecule has 0 saturated heterocycles. The van der Waals surface area contributed by atoms with Crippen LogP contribution in [0.15, 0.2) is 28.8 Å². The van der Waals surface area contributed by atoms with Gasteiger partial charge in [0.05, 0.1) is 6.42 Å². The molecule has 17 heavy (non-hydrogen) atoms. The Kier molecular flexibility index (Phi) is 3.75. The number of aromatic hydroxyl groups is 1. The lowest BCUT2D eigenvalue weighted by atomic mass is 10.1. The van der Waals surface area contributed by atoms with Crippen LogP contribution in [0, 0.1) is 0 Å². The molecule has 4 nitrogen and oxygen atoms in total. The second kappa shape index (κ2) is 5.48. The molecule has 0 saturated carbocycles. The maximum atomic E-state index is 9.35. The van der Waals surface area contributed by atoms with Crippen molar-refractivity contribution < 1.29 is 9.63 Å². The van der Waals surface area contributed by atoms with Crippen molar-refractivity contribution in [3.05, 3.63) is 41.5 Å². The molecule has 0 bridgehead atoms. The number of phenols is 1. The summed E-state index contributed by atoms with van der Waals surface area (Å²) >= 11 is 0. The SMILES string of the molecule is CCCCc1noc(Cc2cccc(O)c2)n1. The fraction of sp³-hybridized carbons (Fsp3) is 0.385. The molecule has 0 amide bonds.